The number of imidazole rings is 1. The minimum atomic E-state index is -0.495. The third-order valence-corrected chi connectivity index (χ3v) is 2.13. The molecule has 0 radical (unpaired) electrons. The predicted octanol–water partition coefficient (Wildman–Crippen LogP) is 1.94. The molecule has 5 heteroatoms. The van der Waals surface area contributed by atoms with Crippen LogP contribution < -0.4 is 0 Å². The molecular weight excluding hydrogens is 218 g/mol. The highest BCUT2D eigenvalue weighted by Gasteiger charge is 2.05. The largest absolute Gasteiger partial charge is 0.444 e. The minimum Gasteiger partial charge on any atom is -0.444 e. The van der Waals surface area contributed by atoms with Crippen molar-refractivity contribution in [2.45, 2.75) is 6.61 Å². The van der Waals surface area contributed by atoms with Crippen LogP contribution in [0, 0.1) is 11.3 Å². The molecule has 0 aliphatic carbocycles. The highest BCUT2D eigenvalue weighted by atomic mass is 16.5. The Morgan fingerprint density at radius 2 is 2.41 bits per heavy atom. The SMILES string of the molecule is N#Cc1cccc(COC(=O)n2ccnc2)c1. The molecule has 0 aliphatic heterocycles. The summed E-state index contributed by atoms with van der Waals surface area (Å²) in [6.07, 6.45) is 3.88. The second-order valence-electron chi connectivity index (χ2n) is 3.34. The van der Waals surface area contributed by atoms with Crippen molar-refractivity contribution in [3.8, 4) is 6.07 Å². The average molecular weight is 227 g/mol. The van der Waals surface area contributed by atoms with Gasteiger partial charge in [0.2, 0.25) is 0 Å². The van der Waals surface area contributed by atoms with Crippen LogP contribution in [0.25, 0.3) is 0 Å². The predicted molar refractivity (Wildman–Crippen MR) is 59.0 cm³/mol. The van der Waals surface area contributed by atoms with Gasteiger partial charge in [0.15, 0.2) is 0 Å². The Hall–Kier alpha value is -2.61. The van der Waals surface area contributed by atoms with Gasteiger partial charge in [-0.05, 0) is 17.7 Å². The minimum absolute atomic E-state index is 0.131. The van der Waals surface area contributed by atoms with E-state index in [1.807, 2.05) is 6.07 Å². The molecule has 1 heterocycles. The quantitative estimate of drug-likeness (QED) is 0.786. The zero-order valence-electron chi connectivity index (χ0n) is 8.91. The molecule has 0 N–H and O–H groups in total. The van der Waals surface area contributed by atoms with Crippen molar-refractivity contribution in [3.63, 3.8) is 0 Å². The van der Waals surface area contributed by atoms with Gasteiger partial charge < -0.3 is 4.74 Å². The van der Waals surface area contributed by atoms with E-state index in [1.54, 1.807) is 24.3 Å². The first-order valence-electron chi connectivity index (χ1n) is 4.94. The molecule has 84 valence electrons. The van der Waals surface area contributed by atoms with Gasteiger partial charge in [0.1, 0.15) is 12.9 Å². The van der Waals surface area contributed by atoms with E-state index in [9.17, 15) is 4.79 Å². The van der Waals surface area contributed by atoms with E-state index in [-0.39, 0.29) is 6.61 Å². The number of rotatable bonds is 2. The summed E-state index contributed by atoms with van der Waals surface area (Å²) in [7, 11) is 0. The lowest BCUT2D eigenvalue weighted by molar-refractivity contribution is 0.141. The van der Waals surface area contributed by atoms with E-state index in [1.165, 1.54) is 23.3 Å². The van der Waals surface area contributed by atoms with Gasteiger partial charge in [-0.25, -0.2) is 14.3 Å². The van der Waals surface area contributed by atoms with Gasteiger partial charge in [-0.15, -0.1) is 0 Å². The van der Waals surface area contributed by atoms with E-state index in [0.29, 0.717) is 5.56 Å². The van der Waals surface area contributed by atoms with E-state index < -0.39 is 6.09 Å². The average Bonchev–Trinajstić information content (AvgIpc) is 2.90. The van der Waals surface area contributed by atoms with Gasteiger partial charge in [0.25, 0.3) is 0 Å². The number of carbonyl (C=O) groups is 1. The first kappa shape index (κ1) is 10.9. The first-order valence-corrected chi connectivity index (χ1v) is 4.94. The van der Waals surface area contributed by atoms with E-state index in [4.69, 9.17) is 10.00 Å². The summed E-state index contributed by atoms with van der Waals surface area (Å²) in [4.78, 5) is 15.2. The number of nitriles is 1. The summed E-state index contributed by atoms with van der Waals surface area (Å²) in [5, 5.41) is 8.72. The molecule has 0 spiro atoms. The molecule has 17 heavy (non-hydrogen) atoms. The maximum absolute atomic E-state index is 11.5. The summed E-state index contributed by atoms with van der Waals surface area (Å²) in [5.41, 5.74) is 1.32. The molecule has 0 saturated carbocycles. The Kier molecular flexibility index (Phi) is 3.17. The summed E-state index contributed by atoms with van der Waals surface area (Å²) in [6, 6.07) is 8.95. The van der Waals surface area contributed by atoms with Gasteiger partial charge in [0.05, 0.1) is 11.6 Å². The van der Waals surface area contributed by atoms with Gasteiger partial charge in [-0.2, -0.15) is 5.26 Å². The number of hydrogen-bond donors (Lipinski definition) is 0. The molecule has 0 fully saturated rings. The van der Waals surface area contributed by atoms with Crippen LogP contribution in [0.15, 0.2) is 43.0 Å². The number of hydrogen-bond acceptors (Lipinski definition) is 4. The standard InChI is InChI=1S/C12H9N3O2/c13-7-10-2-1-3-11(6-10)8-17-12(16)15-5-4-14-9-15/h1-6,9H,8H2. The fourth-order valence-corrected chi connectivity index (χ4v) is 1.32. The normalized spacial score (nSPS) is 9.59. The van der Waals surface area contributed by atoms with Crippen molar-refractivity contribution in [1.29, 1.82) is 5.26 Å². The third kappa shape index (κ3) is 2.69. The van der Waals surface area contributed by atoms with Gasteiger partial charge >= 0.3 is 6.09 Å². The third-order valence-electron chi connectivity index (χ3n) is 2.13. The van der Waals surface area contributed by atoms with Gasteiger partial charge in [-0.1, -0.05) is 12.1 Å². The topological polar surface area (TPSA) is 67.9 Å². The molecule has 2 rings (SSSR count). The smallest absolute Gasteiger partial charge is 0.419 e. The summed E-state index contributed by atoms with van der Waals surface area (Å²) < 4.78 is 6.29. The van der Waals surface area contributed by atoms with Gasteiger partial charge in [0, 0.05) is 12.4 Å². The van der Waals surface area contributed by atoms with E-state index >= 15 is 0 Å². The van der Waals surface area contributed by atoms with E-state index in [0.717, 1.165) is 5.56 Å². The van der Waals surface area contributed by atoms with E-state index in [2.05, 4.69) is 4.98 Å². The molecule has 1 aromatic carbocycles. The molecule has 0 amide bonds. The van der Waals surface area contributed by atoms with Crippen LogP contribution in [0.1, 0.15) is 11.1 Å². The number of benzene rings is 1. The Morgan fingerprint density at radius 3 is 3.12 bits per heavy atom. The van der Waals surface area contributed by atoms with Crippen LogP contribution in [0.2, 0.25) is 0 Å². The van der Waals surface area contributed by atoms with Gasteiger partial charge in [-0.3, -0.25) is 0 Å². The highest BCUT2D eigenvalue weighted by Crippen LogP contribution is 2.06. The van der Waals surface area contributed by atoms with Crippen molar-refractivity contribution < 1.29 is 9.53 Å². The number of carbonyl (C=O) groups excluding carboxylic acids is 1. The molecule has 0 unspecified atom stereocenters. The Bertz CT molecular complexity index is 555. The monoisotopic (exact) mass is 227 g/mol. The first-order chi connectivity index (χ1) is 8.29. The molecule has 5 nitrogen and oxygen atoms in total. The lowest BCUT2D eigenvalue weighted by Crippen LogP contribution is -2.11. The molecule has 0 aliphatic rings. The zero-order valence-corrected chi connectivity index (χ0v) is 8.91. The Labute approximate surface area is 97.9 Å². The number of aromatic nitrogens is 2. The highest BCUT2D eigenvalue weighted by molar-refractivity contribution is 5.69. The Morgan fingerprint density at radius 1 is 1.53 bits per heavy atom. The second-order valence-corrected chi connectivity index (χ2v) is 3.34. The Balaban J connectivity index is 1.98. The molecular formula is C12H9N3O2. The van der Waals surface area contributed by atoms with Crippen molar-refractivity contribution >= 4 is 6.09 Å². The summed E-state index contributed by atoms with van der Waals surface area (Å²) in [6.45, 7) is 0.131. The lowest BCUT2D eigenvalue weighted by atomic mass is 10.1. The summed E-state index contributed by atoms with van der Waals surface area (Å²) in [5.74, 6) is 0. The number of ether oxygens (including phenoxy) is 1. The van der Waals surface area contributed by atoms with Crippen molar-refractivity contribution in [1.82, 2.24) is 9.55 Å². The maximum Gasteiger partial charge on any atom is 0.419 e. The molecule has 0 bridgehead atoms. The number of nitrogens with zero attached hydrogens (tertiary/aromatic N) is 3. The maximum atomic E-state index is 11.5. The van der Waals surface area contributed by atoms with Crippen molar-refractivity contribution in [3.05, 3.63) is 54.1 Å². The van der Waals surface area contributed by atoms with Crippen LogP contribution in [0.5, 0.6) is 0 Å². The van der Waals surface area contributed by atoms with Crippen molar-refractivity contribution in [2.24, 2.45) is 0 Å². The molecule has 1 aromatic heterocycles. The molecule has 0 saturated heterocycles. The lowest BCUT2D eigenvalue weighted by Gasteiger charge is -2.04. The molecule has 2 aromatic rings. The van der Waals surface area contributed by atoms with Crippen LogP contribution in [0.4, 0.5) is 4.79 Å². The fraction of sp³-hybridized carbons (Fsp3) is 0.0833. The van der Waals surface area contributed by atoms with Crippen LogP contribution >= 0.6 is 0 Å². The van der Waals surface area contributed by atoms with Crippen LogP contribution in [-0.2, 0) is 11.3 Å². The summed E-state index contributed by atoms with van der Waals surface area (Å²) >= 11 is 0. The second kappa shape index (κ2) is 4.94. The van der Waals surface area contributed by atoms with Crippen LogP contribution in [0.3, 0.4) is 0 Å². The zero-order chi connectivity index (χ0) is 12.1. The van der Waals surface area contributed by atoms with Crippen LogP contribution in [-0.4, -0.2) is 15.6 Å². The molecule has 0 atom stereocenters. The fourth-order valence-electron chi connectivity index (χ4n) is 1.32. The van der Waals surface area contributed by atoms with Crippen molar-refractivity contribution in [2.75, 3.05) is 0 Å².